The number of nitrogens with zero attached hydrogens (tertiary/aromatic N) is 1. The molecule has 0 unspecified atom stereocenters. The number of aromatic hydroxyl groups is 1. The highest BCUT2D eigenvalue weighted by molar-refractivity contribution is 7.85. The fraction of sp³-hybridized carbons (Fsp3) is 0.136. The Kier molecular flexibility index (Phi) is 7.52. The SMILES string of the molecule is COc1cc(/C=C/c2cc[n+](C)cc2)ccc1O.Cc1ccc(S(=O)(=O)[O-])cc1. The second-order valence-electron chi connectivity index (χ2n) is 6.33. The van der Waals surface area contributed by atoms with Crippen molar-refractivity contribution >= 4 is 22.3 Å². The van der Waals surface area contributed by atoms with Crippen LogP contribution in [0.1, 0.15) is 16.7 Å². The summed E-state index contributed by atoms with van der Waals surface area (Å²) >= 11 is 0. The lowest BCUT2D eigenvalue weighted by Gasteiger charge is -2.05. The molecule has 7 heteroatoms. The molecule has 0 amide bonds. The number of ether oxygens (including phenoxy) is 1. The minimum atomic E-state index is -4.27. The molecule has 0 bridgehead atoms. The number of methoxy groups -OCH3 is 1. The van der Waals surface area contributed by atoms with E-state index in [4.69, 9.17) is 4.74 Å². The quantitative estimate of drug-likeness (QED) is 0.524. The Balaban J connectivity index is 0.000000234. The van der Waals surface area contributed by atoms with Crippen molar-refractivity contribution in [3.8, 4) is 11.5 Å². The minimum absolute atomic E-state index is 0.154. The third-order valence-corrected chi connectivity index (χ3v) is 4.84. The Morgan fingerprint density at radius 1 is 0.966 bits per heavy atom. The number of aromatic nitrogens is 1. The first-order chi connectivity index (χ1) is 13.7. The molecular weight excluding hydrogens is 390 g/mol. The number of phenols is 1. The predicted molar refractivity (Wildman–Crippen MR) is 110 cm³/mol. The molecule has 29 heavy (non-hydrogen) atoms. The number of benzene rings is 2. The summed E-state index contributed by atoms with van der Waals surface area (Å²) in [5.74, 6) is 0.637. The maximum Gasteiger partial charge on any atom is 0.169 e. The van der Waals surface area contributed by atoms with Crippen molar-refractivity contribution in [1.82, 2.24) is 0 Å². The molecule has 152 valence electrons. The Morgan fingerprint density at radius 2 is 1.55 bits per heavy atom. The first kappa shape index (κ1) is 22.1. The highest BCUT2D eigenvalue weighted by atomic mass is 32.2. The van der Waals surface area contributed by atoms with Crippen LogP contribution in [0.15, 0.2) is 71.9 Å². The lowest BCUT2D eigenvalue weighted by atomic mass is 10.1. The van der Waals surface area contributed by atoms with E-state index in [2.05, 4.69) is 0 Å². The normalized spacial score (nSPS) is 11.0. The highest BCUT2D eigenvalue weighted by Gasteiger charge is 2.00. The first-order valence-electron chi connectivity index (χ1n) is 8.72. The third kappa shape index (κ3) is 7.06. The minimum Gasteiger partial charge on any atom is -0.744 e. The topological polar surface area (TPSA) is 90.5 Å². The first-order valence-corrected chi connectivity index (χ1v) is 10.1. The van der Waals surface area contributed by atoms with Gasteiger partial charge in [0.15, 0.2) is 23.9 Å². The van der Waals surface area contributed by atoms with Crippen LogP contribution >= 0.6 is 0 Å². The van der Waals surface area contributed by atoms with Crippen molar-refractivity contribution in [3.05, 3.63) is 83.7 Å². The van der Waals surface area contributed by atoms with Crippen LogP contribution in [0, 0.1) is 6.92 Å². The van der Waals surface area contributed by atoms with Crippen LogP contribution in [0.4, 0.5) is 0 Å². The van der Waals surface area contributed by atoms with Gasteiger partial charge in [-0.2, -0.15) is 0 Å². The molecule has 2 aromatic carbocycles. The molecule has 1 aromatic heterocycles. The van der Waals surface area contributed by atoms with Crippen LogP contribution in [0.5, 0.6) is 11.5 Å². The zero-order valence-corrected chi connectivity index (χ0v) is 17.3. The highest BCUT2D eigenvalue weighted by Crippen LogP contribution is 2.26. The van der Waals surface area contributed by atoms with Gasteiger partial charge in [0.1, 0.15) is 17.2 Å². The molecule has 0 aliphatic rings. The molecule has 0 atom stereocenters. The summed E-state index contributed by atoms with van der Waals surface area (Å²) in [6, 6.07) is 15.1. The summed E-state index contributed by atoms with van der Waals surface area (Å²) in [5.41, 5.74) is 3.04. The van der Waals surface area contributed by atoms with Gasteiger partial charge < -0.3 is 14.4 Å². The molecular formula is C22H23NO5S. The maximum atomic E-state index is 10.4. The van der Waals surface area contributed by atoms with Gasteiger partial charge in [-0.15, -0.1) is 0 Å². The van der Waals surface area contributed by atoms with E-state index in [1.54, 1.807) is 31.4 Å². The summed E-state index contributed by atoms with van der Waals surface area (Å²) in [7, 11) is -0.744. The molecule has 1 heterocycles. The molecule has 0 fully saturated rings. The van der Waals surface area contributed by atoms with Crippen molar-refractivity contribution in [1.29, 1.82) is 0 Å². The second-order valence-corrected chi connectivity index (χ2v) is 7.71. The van der Waals surface area contributed by atoms with Crippen molar-refractivity contribution < 1.29 is 27.4 Å². The van der Waals surface area contributed by atoms with Crippen LogP contribution in [0.25, 0.3) is 12.2 Å². The number of rotatable bonds is 4. The summed E-state index contributed by atoms with van der Waals surface area (Å²) in [5, 5.41) is 9.50. The largest absolute Gasteiger partial charge is 0.744 e. The molecule has 0 aliphatic carbocycles. The summed E-state index contributed by atoms with van der Waals surface area (Å²) in [6.07, 6.45) is 8.00. The molecule has 1 N–H and O–H groups in total. The van der Waals surface area contributed by atoms with Crippen LogP contribution in [-0.2, 0) is 17.2 Å². The number of hydrogen-bond donors (Lipinski definition) is 1. The summed E-state index contributed by atoms with van der Waals surface area (Å²) in [6.45, 7) is 1.82. The number of phenolic OH excluding ortho intramolecular Hbond substituents is 1. The molecule has 0 saturated heterocycles. The average Bonchev–Trinajstić information content (AvgIpc) is 2.69. The number of pyridine rings is 1. The third-order valence-electron chi connectivity index (χ3n) is 3.99. The molecule has 0 radical (unpaired) electrons. The van der Waals surface area contributed by atoms with Gasteiger partial charge in [-0.25, -0.2) is 13.0 Å². The van der Waals surface area contributed by atoms with Gasteiger partial charge in [0.2, 0.25) is 0 Å². The number of aryl methyl sites for hydroxylation is 2. The van der Waals surface area contributed by atoms with E-state index >= 15 is 0 Å². The molecule has 3 rings (SSSR count). The fourth-order valence-corrected chi connectivity index (χ4v) is 2.79. The van der Waals surface area contributed by atoms with Gasteiger partial charge in [0, 0.05) is 12.1 Å². The Labute approximate surface area is 171 Å². The maximum absolute atomic E-state index is 10.4. The van der Waals surface area contributed by atoms with Crippen molar-refractivity contribution in [2.45, 2.75) is 11.8 Å². The summed E-state index contributed by atoms with van der Waals surface area (Å²) < 4.78 is 38.2. The van der Waals surface area contributed by atoms with Gasteiger partial charge in [0.05, 0.1) is 12.0 Å². The van der Waals surface area contributed by atoms with E-state index in [0.29, 0.717) is 5.75 Å². The zero-order valence-electron chi connectivity index (χ0n) is 16.4. The van der Waals surface area contributed by atoms with Gasteiger partial charge in [0.25, 0.3) is 0 Å². The van der Waals surface area contributed by atoms with Crippen molar-refractivity contribution in [2.24, 2.45) is 7.05 Å². The van der Waals surface area contributed by atoms with E-state index in [9.17, 15) is 18.1 Å². The number of hydrogen-bond acceptors (Lipinski definition) is 5. The van der Waals surface area contributed by atoms with Gasteiger partial charge >= 0.3 is 0 Å². The molecule has 3 aromatic rings. The summed E-state index contributed by atoms with van der Waals surface area (Å²) in [4.78, 5) is -0.178. The van der Waals surface area contributed by atoms with Gasteiger partial charge in [-0.3, -0.25) is 0 Å². The van der Waals surface area contributed by atoms with Gasteiger partial charge in [-0.1, -0.05) is 35.9 Å². The van der Waals surface area contributed by atoms with Crippen LogP contribution in [0.3, 0.4) is 0 Å². The van der Waals surface area contributed by atoms with Crippen molar-refractivity contribution in [3.63, 3.8) is 0 Å². The second kappa shape index (κ2) is 9.86. The molecule has 0 saturated carbocycles. The van der Waals surface area contributed by atoms with Gasteiger partial charge in [-0.05, 0) is 42.3 Å². The molecule has 6 nitrogen and oxygen atoms in total. The monoisotopic (exact) mass is 413 g/mol. The van der Waals surface area contributed by atoms with E-state index in [1.165, 1.54) is 12.1 Å². The lowest BCUT2D eigenvalue weighted by molar-refractivity contribution is -0.671. The lowest BCUT2D eigenvalue weighted by Crippen LogP contribution is -2.25. The van der Waals surface area contributed by atoms with Crippen molar-refractivity contribution in [2.75, 3.05) is 7.11 Å². The van der Waals surface area contributed by atoms with Crippen LogP contribution in [-0.4, -0.2) is 25.2 Å². The predicted octanol–water partition coefficient (Wildman–Crippen LogP) is 3.29. The standard InChI is InChI=1S/C15H15NO2.C7H8O3S/c1-16-9-7-12(8-10-16)3-4-13-5-6-14(17)15(11-13)18-2;1-6-2-4-7(5-3-6)11(8,9)10/h3-11H,1-2H3;2-5H,1H3,(H,8,9,10). The van der Waals surface area contributed by atoms with E-state index in [0.717, 1.165) is 16.7 Å². The Bertz CT molecular complexity index is 1070. The molecule has 0 spiro atoms. The zero-order chi connectivity index (χ0) is 21.4. The average molecular weight is 413 g/mol. The van der Waals surface area contributed by atoms with Crippen LogP contribution < -0.4 is 9.30 Å². The van der Waals surface area contributed by atoms with Crippen LogP contribution in [0.2, 0.25) is 0 Å². The molecule has 0 aliphatic heterocycles. The Morgan fingerprint density at radius 3 is 2.10 bits per heavy atom. The smallest absolute Gasteiger partial charge is 0.169 e. The van der Waals surface area contributed by atoms with E-state index in [-0.39, 0.29) is 10.6 Å². The Hall–Kier alpha value is -3.16. The fourth-order valence-electron chi connectivity index (χ4n) is 2.32. The van der Waals surface area contributed by atoms with E-state index in [1.807, 2.05) is 61.3 Å². The van der Waals surface area contributed by atoms with E-state index < -0.39 is 10.1 Å².